The molecule has 5 rings (SSSR count). The van der Waals surface area contributed by atoms with Crippen LogP contribution in [-0.2, 0) is 0 Å². The van der Waals surface area contributed by atoms with Crippen molar-refractivity contribution in [3.8, 4) is 22.5 Å². The van der Waals surface area contributed by atoms with Gasteiger partial charge in [0, 0.05) is 11.1 Å². The van der Waals surface area contributed by atoms with E-state index in [1.54, 1.807) is 0 Å². The maximum atomic E-state index is 5.09. The fourth-order valence-electron chi connectivity index (χ4n) is 4.51. The number of nitrogens with zero attached hydrogens (tertiary/aromatic N) is 3. The Morgan fingerprint density at radius 2 is 0.941 bits per heavy atom. The Labute approximate surface area is 201 Å². The third-order valence-corrected chi connectivity index (χ3v) is 5.93. The first-order valence-electron chi connectivity index (χ1n) is 11.5. The van der Waals surface area contributed by atoms with Crippen LogP contribution in [0.15, 0.2) is 109 Å². The molecule has 0 aliphatic carbocycles. The van der Waals surface area contributed by atoms with Gasteiger partial charge in [-0.3, -0.25) is 4.90 Å². The van der Waals surface area contributed by atoms with Crippen LogP contribution in [0.1, 0.15) is 16.7 Å². The van der Waals surface area contributed by atoms with E-state index < -0.39 is 0 Å². The third kappa shape index (κ3) is 4.33. The first-order valence-corrected chi connectivity index (χ1v) is 11.5. The number of aromatic nitrogens is 2. The van der Waals surface area contributed by atoms with Crippen molar-refractivity contribution >= 4 is 17.3 Å². The Kier molecular flexibility index (Phi) is 5.92. The Hall–Kier alpha value is -4.24. The molecule has 3 nitrogen and oxygen atoms in total. The van der Waals surface area contributed by atoms with E-state index in [2.05, 4.69) is 98.5 Å². The van der Waals surface area contributed by atoms with Gasteiger partial charge in [-0.25, -0.2) is 9.97 Å². The molecule has 0 spiro atoms. The van der Waals surface area contributed by atoms with E-state index in [-0.39, 0.29) is 0 Å². The Morgan fingerprint density at radius 3 is 1.38 bits per heavy atom. The number of aryl methyl sites for hydroxylation is 3. The lowest BCUT2D eigenvalue weighted by Gasteiger charge is -2.27. The number of benzene rings is 3. The van der Waals surface area contributed by atoms with Gasteiger partial charge in [-0.1, -0.05) is 90.5 Å². The summed E-state index contributed by atoms with van der Waals surface area (Å²) in [4.78, 5) is 12.4. The van der Waals surface area contributed by atoms with Crippen LogP contribution in [0.25, 0.3) is 22.5 Å². The van der Waals surface area contributed by atoms with Gasteiger partial charge in [0.2, 0.25) is 0 Å². The second kappa shape index (κ2) is 9.32. The Morgan fingerprint density at radius 1 is 0.500 bits per heavy atom. The minimum Gasteiger partial charge on any atom is -0.278 e. The molecular formula is C31H27N3. The monoisotopic (exact) mass is 441 g/mol. The van der Waals surface area contributed by atoms with E-state index in [0.717, 1.165) is 39.8 Å². The zero-order valence-electron chi connectivity index (χ0n) is 19.7. The summed E-state index contributed by atoms with van der Waals surface area (Å²) >= 11 is 0. The van der Waals surface area contributed by atoms with Crippen molar-refractivity contribution in [2.45, 2.75) is 20.8 Å². The van der Waals surface area contributed by atoms with Crippen molar-refractivity contribution in [2.75, 3.05) is 4.90 Å². The third-order valence-electron chi connectivity index (χ3n) is 5.93. The van der Waals surface area contributed by atoms with Crippen molar-refractivity contribution in [1.29, 1.82) is 0 Å². The molecule has 0 fully saturated rings. The smallest absolute Gasteiger partial charge is 0.139 e. The van der Waals surface area contributed by atoms with Gasteiger partial charge in [-0.15, -0.1) is 0 Å². The zero-order chi connectivity index (χ0) is 23.5. The van der Waals surface area contributed by atoms with E-state index in [0.29, 0.717) is 0 Å². The first kappa shape index (κ1) is 21.6. The van der Waals surface area contributed by atoms with E-state index in [1.807, 2.05) is 36.4 Å². The molecule has 0 bridgehead atoms. The molecular weight excluding hydrogens is 414 g/mol. The van der Waals surface area contributed by atoms with Gasteiger partial charge in [0.15, 0.2) is 0 Å². The molecule has 0 radical (unpaired) electrons. The van der Waals surface area contributed by atoms with Gasteiger partial charge in [0.05, 0.1) is 17.1 Å². The minimum absolute atomic E-state index is 0.842. The number of pyridine rings is 2. The number of rotatable bonds is 5. The highest BCUT2D eigenvalue weighted by Gasteiger charge is 2.20. The highest BCUT2D eigenvalue weighted by Crippen LogP contribution is 2.38. The van der Waals surface area contributed by atoms with Gasteiger partial charge in [0.25, 0.3) is 0 Å². The predicted molar refractivity (Wildman–Crippen MR) is 142 cm³/mol. The number of anilines is 3. The van der Waals surface area contributed by atoms with Crippen molar-refractivity contribution in [1.82, 2.24) is 9.97 Å². The van der Waals surface area contributed by atoms with Gasteiger partial charge in [-0.2, -0.15) is 0 Å². The van der Waals surface area contributed by atoms with Crippen LogP contribution < -0.4 is 4.90 Å². The van der Waals surface area contributed by atoms with Crippen molar-refractivity contribution in [3.05, 3.63) is 126 Å². The molecule has 2 aromatic heterocycles. The molecule has 0 unspecified atom stereocenters. The lowest BCUT2D eigenvalue weighted by atomic mass is 10.0. The van der Waals surface area contributed by atoms with Gasteiger partial charge >= 0.3 is 0 Å². The van der Waals surface area contributed by atoms with Crippen molar-refractivity contribution < 1.29 is 0 Å². The van der Waals surface area contributed by atoms with Crippen LogP contribution in [-0.4, -0.2) is 9.97 Å². The molecule has 0 atom stereocenters. The molecule has 3 heteroatoms. The van der Waals surface area contributed by atoms with Crippen LogP contribution in [0.3, 0.4) is 0 Å². The summed E-state index contributed by atoms with van der Waals surface area (Å²) in [7, 11) is 0. The van der Waals surface area contributed by atoms with Crippen molar-refractivity contribution in [2.24, 2.45) is 0 Å². The van der Waals surface area contributed by atoms with Crippen LogP contribution in [0.5, 0.6) is 0 Å². The van der Waals surface area contributed by atoms with Crippen LogP contribution in [0.4, 0.5) is 17.3 Å². The SMILES string of the molecule is Cc1cc(C)c(N(c2cccc(-c3ccccc3)n2)c2cccc(-c3ccccc3)n2)c(C)c1. The van der Waals surface area contributed by atoms with Crippen LogP contribution in [0.2, 0.25) is 0 Å². The maximum Gasteiger partial charge on any atom is 0.139 e. The molecule has 34 heavy (non-hydrogen) atoms. The van der Waals surface area contributed by atoms with Gasteiger partial charge in [-0.05, 0) is 56.2 Å². The average molecular weight is 442 g/mol. The second-order valence-electron chi connectivity index (χ2n) is 8.58. The molecule has 0 aliphatic rings. The fraction of sp³-hybridized carbons (Fsp3) is 0.0968. The predicted octanol–water partition coefficient (Wildman–Crippen LogP) is 8.21. The van der Waals surface area contributed by atoms with Gasteiger partial charge in [0.1, 0.15) is 11.6 Å². The summed E-state index contributed by atoms with van der Waals surface area (Å²) in [6, 6.07) is 37.4. The molecule has 2 heterocycles. The largest absolute Gasteiger partial charge is 0.278 e. The fourth-order valence-corrected chi connectivity index (χ4v) is 4.51. The standard InChI is InChI=1S/C31H27N3/c1-22-20-23(2)31(24(3)21-22)34(29-18-10-16-27(32-29)25-12-6-4-7-13-25)30-19-11-17-28(33-30)26-14-8-5-9-15-26/h4-21H,1-3H3. The van der Waals surface area contributed by atoms with Crippen LogP contribution >= 0.6 is 0 Å². The zero-order valence-corrected chi connectivity index (χ0v) is 19.7. The normalized spacial score (nSPS) is 10.8. The molecule has 3 aromatic carbocycles. The van der Waals surface area contributed by atoms with E-state index >= 15 is 0 Å². The summed E-state index contributed by atoms with van der Waals surface area (Å²) in [5, 5.41) is 0. The van der Waals surface area contributed by atoms with E-state index in [9.17, 15) is 0 Å². The molecule has 0 amide bonds. The van der Waals surface area contributed by atoms with E-state index in [4.69, 9.17) is 9.97 Å². The highest BCUT2D eigenvalue weighted by atomic mass is 15.2. The number of hydrogen-bond acceptors (Lipinski definition) is 3. The van der Waals surface area contributed by atoms with Crippen molar-refractivity contribution in [3.63, 3.8) is 0 Å². The Bertz CT molecular complexity index is 1320. The number of hydrogen-bond donors (Lipinski definition) is 0. The maximum absolute atomic E-state index is 5.09. The topological polar surface area (TPSA) is 29.0 Å². The molecule has 0 N–H and O–H groups in total. The summed E-state index contributed by atoms with van der Waals surface area (Å²) in [5.41, 5.74) is 8.79. The first-order chi connectivity index (χ1) is 16.6. The second-order valence-corrected chi connectivity index (χ2v) is 8.58. The molecule has 166 valence electrons. The lowest BCUT2D eigenvalue weighted by molar-refractivity contribution is 1.10. The molecule has 0 saturated heterocycles. The quantitative estimate of drug-likeness (QED) is 0.275. The molecule has 0 aliphatic heterocycles. The minimum atomic E-state index is 0.842. The van der Waals surface area contributed by atoms with E-state index in [1.165, 1.54) is 16.7 Å². The highest BCUT2D eigenvalue weighted by molar-refractivity contribution is 5.79. The summed E-state index contributed by atoms with van der Waals surface area (Å²) in [6.45, 7) is 6.45. The Balaban J connectivity index is 1.71. The summed E-state index contributed by atoms with van der Waals surface area (Å²) in [5.74, 6) is 1.68. The lowest BCUT2D eigenvalue weighted by Crippen LogP contribution is -2.16. The molecule has 5 aromatic rings. The summed E-state index contributed by atoms with van der Waals surface area (Å²) in [6.07, 6.45) is 0. The molecule has 0 saturated carbocycles. The van der Waals surface area contributed by atoms with Crippen LogP contribution in [0, 0.1) is 20.8 Å². The summed E-state index contributed by atoms with van der Waals surface area (Å²) < 4.78 is 0. The average Bonchev–Trinajstić information content (AvgIpc) is 2.87. The van der Waals surface area contributed by atoms with Gasteiger partial charge < -0.3 is 0 Å².